The van der Waals surface area contributed by atoms with E-state index < -0.39 is 5.97 Å². The number of aromatic carboxylic acids is 1. The lowest BCUT2D eigenvalue weighted by Crippen LogP contribution is -2.38. The first-order valence-corrected chi connectivity index (χ1v) is 7.83. The van der Waals surface area contributed by atoms with Gasteiger partial charge in [-0.25, -0.2) is 4.79 Å². The highest BCUT2D eigenvalue weighted by molar-refractivity contribution is 5.92. The van der Waals surface area contributed by atoms with Gasteiger partial charge in [0.1, 0.15) is 0 Å². The van der Waals surface area contributed by atoms with Crippen molar-refractivity contribution in [1.82, 2.24) is 10.2 Å². The molecule has 6 heteroatoms. The smallest absolute Gasteiger partial charge is 0.335 e. The fourth-order valence-corrected chi connectivity index (χ4v) is 2.34. The molecule has 25 heavy (non-hydrogen) atoms. The number of amides is 2. The van der Waals surface area contributed by atoms with Crippen LogP contribution in [0.3, 0.4) is 0 Å². The maximum absolute atomic E-state index is 12.2. The zero-order chi connectivity index (χ0) is 18.2. The van der Waals surface area contributed by atoms with Crippen molar-refractivity contribution in [2.45, 2.75) is 13.0 Å². The summed E-state index contributed by atoms with van der Waals surface area (Å²) in [6.45, 7) is 0.310. The first-order valence-electron chi connectivity index (χ1n) is 7.83. The molecule has 2 N–H and O–H groups in total. The number of carbonyl (C=O) groups is 3. The lowest BCUT2D eigenvalue weighted by atomic mass is 10.0. The molecule has 0 aliphatic heterocycles. The highest BCUT2D eigenvalue weighted by Crippen LogP contribution is 2.10. The molecule has 0 atom stereocenters. The van der Waals surface area contributed by atoms with Gasteiger partial charge in [0.2, 0.25) is 11.8 Å². The predicted octanol–water partition coefficient (Wildman–Crippen LogP) is 1.70. The van der Waals surface area contributed by atoms with E-state index in [1.807, 2.05) is 30.3 Å². The summed E-state index contributed by atoms with van der Waals surface area (Å²) in [5.74, 6) is -1.67. The number of nitrogens with one attached hydrogen (secondary N) is 1. The summed E-state index contributed by atoms with van der Waals surface area (Å²) in [4.78, 5) is 36.7. The van der Waals surface area contributed by atoms with E-state index in [9.17, 15) is 14.4 Å². The second kappa shape index (κ2) is 8.63. The summed E-state index contributed by atoms with van der Waals surface area (Å²) in [7, 11) is 1.52. The van der Waals surface area contributed by atoms with E-state index in [0.29, 0.717) is 12.1 Å². The number of hydrogen-bond donors (Lipinski definition) is 2. The molecule has 0 fully saturated rings. The molecule has 0 aliphatic rings. The van der Waals surface area contributed by atoms with Crippen LogP contribution in [0.5, 0.6) is 0 Å². The fraction of sp³-hybridized carbons (Fsp3) is 0.211. The van der Waals surface area contributed by atoms with Gasteiger partial charge < -0.3 is 15.3 Å². The first kappa shape index (κ1) is 18.2. The number of carboxylic acid groups (broad SMARTS) is 1. The summed E-state index contributed by atoms with van der Waals surface area (Å²) in [5.41, 5.74) is 1.49. The highest BCUT2D eigenvalue weighted by atomic mass is 16.4. The van der Waals surface area contributed by atoms with Crippen LogP contribution in [0.1, 0.15) is 21.5 Å². The van der Waals surface area contributed by atoms with Crippen molar-refractivity contribution in [1.29, 1.82) is 0 Å². The molecule has 130 valence electrons. The van der Waals surface area contributed by atoms with Gasteiger partial charge in [-0.2, -0.15) is 0 Å². The number of nitrogens with zero attached hydrogens (tertiary/aromatic N) is 1. The van der Waals surface area contributed by atoms with Gasteiger partial charge in [-0.1, -0.05) is 48.5 Å². The van der Waals surface area contributed by atoms with Gasteiger partial charge in [0.25, 0.3) is 0 Å². The Kier molecular flexibility index (Phi) is 6.28. The second-order valence-corrected chi connectivity index (χ2v) is 5.65. The van der Waals surface area contributed by atoms with Gasteiger partial charge in [0.15, 0.2) is 0 Å². The Hall–Kier alpha value is -3.15. The Morgan fingerprint density at radius 2 is 1.64 bits per heavy atom. The maximum atomic E-state index is 12.2. The minimum atomic E-state index is -1.08. The molecule has 0 aromatic heterocycles. The van der Waals surface area contributed by atoms with Gasteiger partial charge in [-0.3, -0.25) is 9.59 Å². The van der Waals surface area contributed by atoms with Crippen LogP contribution in [0, 0.1) is 0 Å². The normalized spacial score (nSPS) is 10.1. The molecule has 2 rings (SSSR count). The number of likely N-dealkylation sites (N-methyl/N-ethyl adjacent to an activating group) is 1. The summed E-state index contributed by atoms with van der Waals surface area (Å²) in [5, 5.41) is 11.9. The molecule has 0 unspecified atom stereocenters. The number of benzene rings is 2. The average Bonchev–Trinajstić information content (AvgIpc) is 2.61. The fourth-order valence-electron chi connectivity index (χ4n) is 2.34. The van der Waals surface area contributed by atoms with Crippen molar-refractivity contribution in [3.05, 3.63) is 71.3 Å². The van der Waals surface area contributed by atoms with Crippen molar-refractivity contribution in [3.63, 3.8) is 0 Å². The molecule has 6 nitrogen and oxygen atoms in total. The van der Waals surface area contributed by atoms with Crippen molar-refractivity contribution in [2.24, 2.45) is 0 Å². The quantitative estimate of drug-likeness (QED) is 0.803. The molecule has 0 radical (unpaired) electrons. The van der Waals surface area contributed by atoms with E-state index >= 15 is 0 Å². The SMILES string of the molecule is CN(CC(=O)NCc1ccccc1)C(=O)Cc1ccccc1C(=O)O. The van der Waals surface area contributed by atoms with Crippen LogP contribution in [0.25, 0.3) is 0 Å². The number of hydrogen-bond acceptors (Lipinski definition) is 3. The zero-order valence-electron chi connectivity index (χ0n) is 13.9. The molecule has 0 spiro atoms. The predicted molar refractivity (Wildman–Crippen MR) is 93.0 cm³/mol. The Morgan fingerprint density at radius 1 is 1.00 bits per heavy atom. The third-order valence-electron chi connectivity index (χ3n) is 3.73. The third-order valence-corrected chi connectivity index (χ3v) is 3.73. The minimum Gasteiger partial charge on any atom is -0.478 e. The number of rotatable bonds is 7. The molecule has 0 saturated carbocycles. The number of carboxylic acids is 1. The molecule has 0 saturated heterocycles. The highest BCUT2D eigenvalue weighted by Gasteiger charge is 2.17. The van der Waals surface area contributed by atoms with Gasteiger partial charge in [0, 0.05) is 13.6 Å². The van der Waals surface area contributed by atoms with E-state index in [-0.39, 0.29) is 30.3 Å². The van der Waals surface area contributed by atoms with Crippen LogP contribution < -0.4 is 5.32 Å². The maximum Gasteiger partial charge on any atom is 0.335 e. The topological polar surface area (TPSA) is 86.7 Å². The lowest BCUT2D eigenvalue weighted by molar-refractivity contribution is -0.134. The first-order chi connectivity index (χ1) is 12.0. The van der Waals surface area contributed by atoms with Crippen LogP contribution in [0.4, 0.5) is 0 Å². The van der Waals surface area contributed by atoms with E-state index in [1.165, 1.54) is 18.0 Å². The minimum absolute atomic E-state index is 0.0645. The largest absolute Gasteiger partial charge is 0.478 e. The van der Waals surface area contributed by atoms with Gasteiger partial charge in [-0.15, -0.1) is 0 Å². The van der Waals surface area contributed by atoms with Gasteiger partial charge >= 0.3 is 5.97 Å². The molecule has 0 bridgehead atoms. The van der Waals surface area contributed by atoms with Crippen LogP contribution in [-0.4, -0.2) is 41.4 Å². The lowest BCUT2D eigenvalue weighted by Gasteiger charge is -2.17. The van der Waals surface area contributed by atoms with Crippen molar-refractivity contribution < 1.29 is 19.5 Å². The molecule has 2 amide bonds. The van der Waals surface area contributed by atoms with Crippen LogP contribution in [-0.2, 0) is 22.6 Å². The van der Waals surface area contributed by atoms with Crippen LogP contribution in [0.2, 0.25) is 0 Å². The molecule has 2 aromatic rings. The van der Waals surface area contributed by atoms with Crippen molar-refractivity contribution >= 4 is 17.8 Å². The monoisotopic (exact) mass is 340 g/mol. The Balaban J connectivity index is 1.88. The molecular formula is C19H20N2O4. The zero-order valence-corrected chi connectivity index (χ0v) is 13.9. The van der Waals surface area contributed by atoms with Crippen LogP contribution >= 0.6 is 0 Å². The Bertz CT molecular complexity index is 759. The Morgan fingerprint density at radius 3 is 2.32 bits per heavy atom. The van der Waals surface area contributed by atoms with E-state index in [4.69, 9.17) is 5.11 Å². The van der Waals surface area contributed by atoms with Crippen molar-refractivity contribution in [2.75, 3.05) is 13.6 Å². The summed E-state index contributed by atoms with van der Waals surface area (Å²) in [6, 6.07) is 15.8. The standard InChI is InChI=1S/C19H20N2O4/c1-21(13-17(22)20-12-14-7-3-2-4-8-14)18(23)11-15-9-5-6-10-16(15)19(24)25/h2-10H,11-13H2,1H3,(H,20,22)(H,24,25). The summed E-state index contributed by atoms with van der Waals surface area (Å²) < 4.78 is 0. The van der Waals surface area contributed by atoms with E-state index in [1.54, 1.807) is 18.2 Å². The van der Waals surface area contributed by atoms with Gasteiger partial charge in [0.05, 0.1) is 18.5 Å². The average molecular weight is 340 g/mol. The summed E-state index contributed by atoms with van der Waals surface area (Å²) >= 11 is 0. The Labute approximate surface area is 146 Å². The van der Waals surface area contributed by atoms with Crippen molar-refractivity contribution in [3.8, 4) is 0 Å². The van der Waals surface area contributed by atoms with Gasteiger partial charge in [-0.05, 0) is 17.2 Å². The van der Waals surface area contributed by atoms with E-state index in [0.717, 1.165) is 5.56 Å². The number of carbonyl (C=O) groups excluding carboxylic acids is 2. The van der Waals surface area contributed by atoms with E-state index in [2.05, 4.69) is 5.32 Å². The molecule has 0 heterocycles. The molecular weight excluding hydrogens is 320 g/mol. The van der Waals surface area contributed by atoms with Crippen LogP contribution in [0.15, 0.2) is 54.6 Å². The molecule has 0 aliphatic carbocycles. The molecule has 2 aromatic carbocycles. The third kappa shape index (κ3) is 5.46. The summed E-state index contributed by atoms with van der Waals surface area (Å²) in [6.07, 6.45) is -0.0645. The second-order valence-electron chi connectivity index (χ2n) is 5.65.